The smallest absolute Gasteiger partial charge is 0.137 e. The van der Waals surface area contributed by atoms with Crippen LogP contribution in [0.4, 0.5) is 17.1 Å². The Morgan fingerprint density at radius 3 is 1.83 bits per heavy atom. The molecule has 0 atom stereocenters. The van der Waals surface area contributed by atoms with Crippen molar-refractivity contribution in [1.29, 1.82) is 0 Å². The zero-order valence-corrected chi connectivity index (χ0v) is 32.1. The molecule has 0 aliphatic heterocycles. The van der Waals surface area contributed by atoms with Gasteiger partial charge in [0.1, 0.15) is 11.2 Å². The van der Waals surface area contributed by atoms with Crippen LogP contribution in [0.25, 0.3) is 93.2 Å². The summed E-state index contributed by atoms with van der Waals surface area (Å²) in [4.78, 5) is 2.39. The van der Waals surface area contributed by atoms with E-state index in [9.17, 15) is 0 Å². The van der Waals surface area contributed by atoms with E-state index >= 15 is 0 Å². The second kappa shape index (κ2) is 13.4. The second-order valence-corrected chi connectivity index (χ2v) is 15.3. The van der Waals surface area contributed by atoms with E-state index in [0.29, 0.717) is 0 Å². The average molecular weight is 753 g/mol. The van der Waals surface area contributed by atoms with E-state index in [1.807, 2.05) is 0 Å². The highest BCUT2D eigenvalue weighted by atomic mass is 16.3. The highest BCUT2D eigenvalue weighted by Crippen LogP contribution is 2.47. The van der Waals surface area contributed by atoms with Crippen LogP contribution < -0.4 is 4.90 Å². The summed E-state index contributed by atoms with van der Waals surface area (Å²) in [5.74, 6) is 0. The van der Waals surface area contributed by atoms with Crippen molar-refractivity contribution in [2.75, 3.05) is 4.90 Å². The summed E-state index contributed by atoms with van der Waals surface area (Å²) >= 11 is 0. The number of furan rings is 1. The minimum absolute atomic E-state index is 0.853. The Balaban J connectivity index is 1.09. The van der Waals surface area contributed by atoms with Crippen LogP contribution in [0.15, 0.2) is 223 Å². The first-order valence-corrected chi connectivity index (χ1v) is 20.2. The van der Waals surface area contributed by atoms with Crippen LogP contribution in [0, 0.1) is 0 Å². The summed E-state index contributed by atoms with van der Waals surface area (Å²) in [6.07, 6.45) is 0. The topological polar surface area (TPSA) is 21.3 Å². The first kappa shape index (κ1) is 33.3. The number of nitrogens with zero attached hydrogens (tertiary/aromatic N) is 2. The molecule has 3 heteroatoms. The first-order valence-electron chi connectivity index (χ1n) is 20.2. The van der Waals surface area contributed by atoms with Gasteiger partial charge in [-0.25, -0.2) is 0 Å². The molecule has 12 rings (SSSR count). The zero-order valence-electron chi connectivity index (χ0n) is 32.1. The predicted molar refractivity (Wildman–Crippen MR) is 249 cm³/mol. The zero-order chi connectivity index (χ0) is 38.9. The van der Waals surface area contributed by atoms with Gasteiger partial charge >= 0.3 is 0 Å². The molecule has 0 saturated heterocycles. The number of benzene rings is 10. The Bertz CT molecular complexity index is 3540. The van der Waals surface area contributed by atoms with Crippen molar-refractivity contribution in [2.45, 2.75) is 0 Å². The number of aromatic nitrogens is 1. The molecule has 0 unspecified atom stereocenters. The van der Waals surface area contributed by atoms with Gasteiger partial charge in [0.2, 0.25) is 0 Å². The van der Waals surface area contributed by atoms with Gasteiger partial charge in [-0.2, -0.15) is 0 Å². The standard InChI is InChI=1S/C56H36N2O/c1-3-14-37(15-4-1)39-26-30-43(31-27-39)57(44-32-28-38-16-7-8-17-40(38)34-44)51-24-13-25-53-56(51)55-48-22-10-9-20-45(48)49(36-54(55)59-53)41-29-33-47-46-21-11-12-23-50(46)58(52(47)35-41)42-18-5-2-6-19-42/h1-36H. The van der Waals surface area contributed by atoms with E-state index in [0.717, 1.165) is 61.2 Å². The van der Waals surface area contributed by atoms with Crippen molar-refractivity contribution in [3.05, 3.63) is 218 Å². The lowest BCUT2D eigenvalue weighted by Crippen LogP contribution is -2.10. The number of para-hydroxylation sites is 2. The molecule has 0 N–H and O–H groups in total. The largest absolute Gasteiger partial charge is 0.456 e. The Morgan fingerprint density at radius 2 is 1.00 bits per heavy atom. The van der Waals surface area contributed by atoms with Crippen LogP contribution in [0.2, 0.25) is 0 Å². The SMILES string of the molecule is c1ccc(-c2ccc(N(c3ccc4ccccc4c3)c3cccc4oc5cc(-c6ccc7c8ccccc8n(-c8ccccc8)c7c6)c6ccccc6c5c34)cc2)cc1. The molecule has 0 amide bonds. The first-order chi connectivity index (χ1) is 29.3. The van der Waals surface area contributed by atoms with Crippen LogP contribution in [-0.2, 0) is 0 Å². The maximum atomic E-state index is 6.93. The maximum absolute atomic E-state index is 6.93. The van der Waals surface area contributed by atoms with Gasteiger partial charge in [0.15, 0.2) is 0 Å². The summed E-state index contributed by atoms with van der Waals surface area (Å²) < 4.78 is 9.31. The minimum Gasteiger partial charge on any atom is -0.456 e. The van der Waals surface area contributed by atoms with Crippen LogP contribution in [-0.4, -0.2) is 4.57 Å². The molecule has 0 fully saturated rings. The fourth-order valence-corrected chi connectivity index (χ4v) is 9.26. The molecule has 0 aliphatic rings. The van der Waals surface area contributed by atoms with E-state index in [1.54, 1.807) is 0 Å². The molecule has 0 bridgehead atoms. The summed E-state index contributed by atoms with van der Waals surface area (Å²) in [5, 5.41) is 9.43. The molecular formula is C56H36N2O. The van der Waals surface area contributed by atoms with Gasteiger partial charge in [-0.1, -0.05) is 152 Å². The normalized spacial score (nSPS) is 11.7. The summed E-state index contributed by atoms with van der Waals surface area (Å²) in [6.45, 7) is 0. The summed E-state index contributed by atoms with van der Waals surface area (Å²) in [5.41, 5.74) is 13.1. The molecule has 0 radical (unpaired) electrons. The Kier molecular flexibility index (Phi) is 7.54. The Morgan fingerprint density at radius 1 is 0.356 bits per heavy atom. The van der Waals surface area contributed by atoms with Gasteiger partial charge in [-0.05, 0) is 111 Å². The lowest BCUT2D eigenvalue weighted by Gasteiger charge is -2.27. The predicted octanol–water partition coefficient (Wildman–Crippen LogP) is 15.8. The van der Waals surface area contributed by atoms with Crippen molar-refractivity contribution in [3.63, 3.8) is 0 Å². The molecule has 0 spiro atoms. The van der Waals surface area contributed by atoms with Crippen LogP contribution >= 0.6 is 0 Å². The van der Waals surface area contributed by atoms with E-state index in [-0.39, 0.29) is 0 Å². The van der Waals surface area contributed by atoms with Crippen molar-refractivity contribution in [2.24, 2.45) is 0 Å². The highest BCUT2D eigenvalue weighted by Gasteiger charge is 2.23. The fourth-order valence-electron chi connectivity index (χ4n) is 9.26. The molecule has 12 aromatic rings. The van der Waals surface area contributed by atoms with Crippen LogP contribution in [0.5, 0.6) is 0 Å². The molecule has 59 heavy (non-hydrogen) atoms. The van der Waals surface area contributed by atoms with Gasteiger partial charge in [0.25, 0.3) is 0 Å². The summed E-state index contributed by atoms with van der Waals surface area (Å²) in [7, 11) is 0. The summed E-state index contributed by atoms with van der Waals surface area (Å²) in [6, 6.07) is 78.6. The molecular weight excluding hydrogens is 717 g/mol. The fraction of sp³-hybridized carbons (Fsp3) is 0. The third-order valence-electron chi connectivity index (χ3n) is 11.9. The monoisotopic (exact) mass is 752 g/mol. The van der Waals surface area contributed by atoms with Gasteiger partial charge in [0.05, 0.1) is 22.1 Å². The Hall–Kier alpha value is -7.88. The maximum Gasteiger partial charge on any atom is 0.137 e. The number of anilines is 3. The van der Waals surface area contributed by atoms with Crippen molar-refractivity contribution in [1.82, 2.24) is 4.57 Å². The number of hydrogen-bond donors (Lipinski definition) is 0. The van der Waals surface area contributed by atoms with Gasteiger partial charge in [-0.15, -0.1) is 0 Å². The van der Waals surface area contributed by atoms with Gasteiger partial charge < -0.3 is 13.9 Å². The molecule has 2 heterocycles. The van der Waals surface area contributed by atoms with E-state index in [1.165, 1.54) is 49.1 Å². The van der Waals surface area contributed by atoms with Crippen LogP contribution in [0.3, 0.4) is 0 Å². The molecule has 10 aromatic carbocycles. The molecule has 3 nitrogen and oxygen atoms in total. The molecule has 0 saturated carbocycles. The molecule has 2 aromatic heterocycles. The van der Waals surface area contributed by atoms with E-state index in [4.69, 9.17) is 4.42 Å². The Labute approximate surface area is 341 Å². The number of fused-ring (bicyclic) bond motifs is 9. The van der Waals surface area contributed by atoms with Crippen molar-refractivity contribution >= 4 is 82.4 Å². The molecule has 276 valence electrons. The minimum atomic E-state index is 0.853. The lowest BCUT2D eigenvalue weighted by atomic mass is 9.94. The third-order valence-corrected chi connectivity index (χ3v) is 11.9. The van der Waals surface area contributed by atoms with Crippen LogP contribution in [0.1, 0.15) is 0 Å². The second-order valence-electron chi connectivity index (χ2n) is 15.3. The third kappa shape index (κ3) is 5.36. The lowest BCUT2D eigenvalue weighted by molar-refractivity contribution is 0.669. The molecule has 0 aliphatic carbocycles. The quantitative estimate of drug-likeness (QED) is 0.169. The van der Waals surface area contributed by atoms with Crippen molar-refractivity contribution in [3.8, 4) is 27.9 Å². The van der Waals surface area contributed by atoms with Gasteiger partial charge in [0, 0.05) is 33.2 Å². The highest BCUT2D eigenvalue weighted by molar-refractivity contribution is 6.26. The van der Waals surface area contributed by atoms with Crippen molar-refractivity contribution < 1.29 is 4.42 Å². The van der Waals surface area contributed by atoms with E-state index in [2.05, 4.69) is 228 Å². The number of rotatable bonds is 6. The van der Waals surface area contributed by atoms with Gasteiger partial charge in [-0.3, -0.25) is 0 Å². The average Bonchev–Trinajstić information content (AvgIpc) is 3.86. The van der Waals surface area contributed by atoms with E-state index < -0.39 is 0 Å². The number of hydrogen-bond acceptors (Lipinski definition) is 2.